The number of aryl methyl sites for hydroxylation is 1. The fourth-order valence-corrected chi connectivity index (χ4v) is 1.90. The first-order valence-corrected chi connectivity index (χ1v) is 5.29. The average Bonchev–Trinajstić information content (AvgIpc) is 2.19. The molecule has 1 N–H and O–H groups in total. The van der Waals surface area contributed by atoms with Crippen LogP contribution in [-0.2, 0) is 6.42 Å². The predicted molar refractivity (Wildman–Crippen MR) is 59.4 cm³/mol. The van der Waals surface area contributed by atoms with E-state index in [2.05, 4.69) is 25.9 Å². The van der Waals surface area contributed by atoms with E-state index >= 15 is 0 Å². The highest BCUT2D eigenvalue weighted by atomic mass is 79.9. The van der Waals surface area contributed by atoms with Crippen molar-refractivity contribution in [3.8, 4) is 0 Å². The third kappa shape index (κ3) is 1.79. The Bertz CT molecular complexity index is 579. The van der Waals surface area contributed by atoms with Crippen molar-refractivity contribution in [3.05, 3.63) is 38.6 Å². The summed E-state index contributed by atoms with van der Waals surface area (Å²) in [5, 5.41) is 0.263. The Labute approximate surface area is 93.5 Å². The zero-order valence-electron chi connectivity index (χ0n) is 7.97. The van der Waals surface area contributed by atoms with Crippen LogP contribution in [-0.4, -0.2) is 9.97 Å². The summed E-state index contributed by atoms with van der Waals surface area (Å²) >= 11 is 3.19. The molecule has 3 nitrogen and oxygen atoms in total. The number of fused-ring (bicyclic) bond motifs is 1. The van der Waals surface area contributed by atoms with Crippen molar-refractivity contribution >= 4 is 26.8 Å². The largest absolute Gasteiger partial charge is 0.310 e. The van der Waals surface area contributed by atoms with Gasteiger partial charge in [0.05, 0.1) is 10.9 Å². The molecule has 0 radical (unpaired) electrons. The van der Waals surface area contributed by atoms with Gasteiger partial charge in [0.25, 0.3) is 5.56 Å². The van der Waals surface area contributed by atoms with Gasteiger partial charge in [0.1, 0.15) is 11.6 Å². The van der Waals surface area contributed by atoms with Gasteiger partial charge in [-0.2, -0.15) is 0 Å². The average molecular weight is 271 g/mol. The van der Waals surface area contributed by atoms with Crippen molar-refractivity contribution in [2.24, 2.45) is 0 Å². The van der Waals surface area contributed by atoms with E-state index in [4.69, 9.17) is 0 Å². The van der Waals surface area contributed by atoms with Crippen molar-refractivity contribution < 1.29 is 4.39 Å². The van der Waals surface area contributed by atoms with Crippen LogP contribution < -0.4 is 5.56 Å². The van der Waals surface area contributed by atoms with Crippen LogP contribution in [0.15, 0.2) is 21.4 Å². The predicted octanol–water partition coefficient (Wildman–Crippen LogP) is 2.39. The molecule has 0 saturated heterocycles. The summed E-state index contributed by atoms with van der Waals surface area (Å²) in [7, 11) is 0. The molecule has 78 valence electrons. The second-order valence-electron chi connectivity index (χ2n) is 3.15. The number of nitrogens with zero attached hydrogens (tertiary/aromatic N) is 1. The van der Waals surface area contributed by atoms with Gasteiger partial charge >= 0.3 is 0 Å². The Hall–Kier alpha value is -1.23. The van der Waals surface area contributed by atoms with Crippen molar-refractivity contribution in [3.63, 3.8) is 0 Å². The lowest BCUT2D eigenvalue weighted by Crippen LogP contribution is -2.11. The number of aromatic nitrogens is 2. The monoisotopic (exact) mass is 270 g/mol. The molecule has 0 atom stereocenters. The Morgan fingerprint density at radius 1 is 1.53 bits per heavy atom. The minimum atomic E-state index is -0.453. The topological polar surface area (TPSA) is 45.8 Å². The SMILES string of the molecule is CCc1nc2c(Br)cc(F)cc2c(=O)[nH]1. The molecule has 0 amide bonds. The van der Waals surface area contributed by atoms with E-state index in [0.717, 1.165) is 0 Å². The maximum absolute atomic E-state index is 13.0. The van der Waals surface area contributed by atoms with Gasteiger partial charge in [0.2, 0.25) is 0 Å². The summed E-state index contributed by atoms with van der Waals surface area (Å²) in [5.41, 5.74) is 0.189. The molecule has 1 heterocycles. The number of nitrogens with one attached hydrogen (secondary N) is 1. The summed E-state index contributed by atoms with van der Waals surface area (Å²) in [5.74, 6) is 0.144. The molecular weight excluding hydrogens is 263 g/mol. The van der Waals surface area contributed by atoms with Crippen LogP contribution >= 0.6 is 15.9 Å². The number of H-pyrrole nitrogens is 1. The molecule has 0 bridgehead atoms. The lowest BCUT2D eigenvalue weighted by atomic mass is 10.2. The lowest BCUT2D eigenvalue weighted by Gasteiger charge is -2.02. The summed E-state index contributed by atoms with van der Waals surface area (Å²) in [6.45, 7) is 1.89. The van der Waals surface area contributed by atoms with Crippen LogP contribution in [0, 0.1) is 5.82 Å². The third-order valence-corrected chi connectivity index (χ3v) is 2.72. The van der Waals surface area contributed by atoms with E-state index in [-0.39, 0.29) is 10.9 Å². The van der Waals surface area contributed by atoms with Crippen molar-refractivity contribution in [1.82, 2.24) is 9.97 Å². The molecular formula is C10H8BrFN2O. The molecule has 0 aliphatic heterocycles. The Morgan fingerprint density at radius 2 is 2.27 bits per heavy atom. The second-order valence-corrected chi connectivity index (χ2v) is 4.00. The van der Waals surface area contributed by atoms with Gasteiger partial charge in [-0.15, -0.1) is 0 Å². The van der Waals surface area contributed by atoms with Crippen LogP contribution in [0.4, 0.5) is 4.39 Å². The normalized spacial score (nSPS) is 10.9. The van der Waals surface area contributed by atoms with E-state index in [0.29, 0.717) is 22.2 Å². The number of aromatic amines is 1. The minimum absolute atomic E-state index is 0.263. The minimum Gasteiger partial charge on any atom is -0.310 e. The van der Waals surface area contributed by atoms with Crippen LogP contribution in [0.25, 0.3) is 10.9 Å². The molecule has 0 fully saturated rings. The molecule has 2 rings (SSSR count). The highest BCUT2D eigenvalue weighted by molar-refractivity contribution is 9.10. The Balaban J connectivity index is 2.91. The van der Waals surface area contributed by atoms with Gasteiger partial charge < -0.3 is 4.98 Å². The van der Waals surface area contributed by atoms with E-state index < -0.39 is 5.82 Å². The number of rotatable bonds is 1. The molecule has 0 aliphatic carbocycles. The maximum atomic E-state index is 13.0. The fraction of sp³-hybridized carbons (Fsp3) is 0.200. The molecule has 2 aromatic rings. The summed E-state index contributed by atoms with van der Waals surface area (Å²) < 4.78 is 13.5. The Morgan fingerprint density at radius 3 is 2.93 bits per heavy atom. The van der Waals surface area contributed by atoms with Crippen molar-refractivity contribution in [1.29, 1.82) is 0 Å². The highest BCUT2D eigenvalue weighted by Gasteiger charge is 2.08. The summed E-state index contributed by atoms with van der Waals surface area (Å²) in [6.07, 6.45) is 0.634. The van der Waals surface area contributed by atoms with Crippen LogP contribution in [0.1, 0.15) is 12.7 Å². The molecule has 5 heteroatoms. The quantitative estimate of drug-likeness (QED) is 0.865. The zero-order valence-corrected chi connectivity index (χ0v) is 9.56. The lowest BCUT2D eigenvalue weighted by molar-refractivity contribution is 0.628. The van der Waals surface area contributed by atoms with Crippen molar-refractivity contribution in [2.75, 3.05) is 0 Å². The van der Waals surface area contributed by atoms with E-state index in [1.165, 1.54) is 12.1 Å². The molecule has 1 aromatic heterocycles. The summed E-state index contributed by atoms with van der Waals surface area (Å²) in [6, 6.07) is 2.49. The van der Waals surface area contributed by atoms with Crippen LogP contribution in [0.5, 0.6) is 0 Å². The number of benzene rings is 1. The fourth-order valence-electron chi connectivity index (χ4n) is 1.38. The van der Waals surface area contributed by atoms with Gasteiger partial charge in [-0.05, 0) is 28.1 Å². The third-order valence-electron chi connectivity index (χ3n) is 2.11. The van der Waals surface area contributed by atoms with Gasteiger partial charge in [-0.3, -0.25) is 4.79 Å². The van der Waals surface area contributed by atoms with Gasteiger partial charge in [-0.1, -0.05) is 6.92 Å². The Kier molecular flexibility index (Phi) is 2.56. The number of halogens is 2. The molecule has 1 aromatic carbocycles. The molecule has 0 saturated carbocycles. The number of hydrogen-bond donors (Lipinski definition) is 1. The summed E-state index contributed by atoms with van der Waals surface area (Å²) in [4.78, 5) is 18.4. The molecule has 15 heavy (non-hydrogen) atoms. The molecule has 0 aliphatic rings. The smallest absolute Gasteiger partial charge is 0.258 e. The van der Waals surface area contributed by atoms with Crippen LogP contribution in [0.3, 0.4) is 0 Å². The first kappa shape index (κ1) is 10.3. The first-order chi connectivity index (χ1) is 7.11. The highest BCUT2D eigenvalue weighted by Crippen LogP contribution is 2.21. The van der Waals surface area contributed by atoms with Gasteiger partial charge in [0, 0.05) is 10.9 Å². The van der Waals surface area contributed by atoms with Gasteiger partial charge in [0.15, 0.2) is 0 Å². The first-order valence-electron chi connectivity index (χ1n) is 4.49. The zero-order chi connectivity index (χ0) is 11.0. The van der Waals surface area contributed by atoms with Gasteiger partial charge in [-0.25, -0.2) is 9.37 Å². The second kappa shape index (κ2) is 3.73. The van der Waals surface area contributed by atoms with E-state index in [1.54, 1.807) is 0 Å². The standard InChI is InChI=1S/C10H8BrFN2O/c1-2-8-13-9-6(10(15)14-8)3-5(12)4-7(9)11/h3-4H,2H2,1H3,(H,13,14,15). The number of hydrogen-bond acceptors (Lipinski definition) is 2. The van der Waals surface area contributed by atoms with Crippen LogP contribution in [0.2, 0.25) is 0 Å². The van der Waals surface area contributed by atoms with E-state index in [9.17, 15) is 9.18 Å². The van der Waals surface area contributed by atoms with Crippen molar-refractivity contribution in [2.45, 2.75) is 13.3 Å². The molecule has 0 spiro atoms. The van der Waals surface area contributed by atoms with E-state index in [1.807, 2.05) is 6.92 Å². The molecule has 0 unspecified atom stereocenters. The maximum Gasteiger partial charge on any atom is 0.258 e.